The van der Waals surface area contributed by atoms with E-state index in [1.807, 2.05) is 29.2 Å². The third-order valence-electron chi connectivity index (χ3n) is 6.10. The predicted octanol–water partition coefficient (Wildman–Crippen LogP) is 3.84. The predicted molar refractivity (Wildman–Crippen MR) is 132 cm³/mol. The van der Waals surface area contributed by atoms with Gasteiger partial charge in [0.1, 0.15) is 22.0 Å². The molecule has 3 heterocycles. The molecule has 1 saturated heterocycles. The number of nitrogens with zero attached hydrogens (tertiary/aromatic N) is 4. The number of amides is 1. The fraction of sp³-hybridized carbons (Fsp3) is 0.320. The Kier molecular flexibility index (Phi) is 6.88. The van der Waals surface area contributed by atoms with Crippen LogP contribution in [0.1, 0.15) is 41.3 Å². The lowest BCUT2D eigenvalue weighted by Crippen LogP contribution is -2.66. The number of carbonyl (C=O) groups is 2. The lowest BCUT2D eigenvalue weighted by molar-refractivity contribution is -0.122. The van der Waals surface area contributed by atoms with Crippen LogP contribution in [0.25, 0.3) is 0 Å². The van der Waals surface area contributed by atoms with E-state index in [1.165, 1.54) is 32.8 Å². The molecule has 0 radical (unpaired) electrons. The molecule has 1 amide bonds. The molecule has 1 fully saturated rings. The van der Waals surface area contributed by atoms with Crippen LogP contribution in [-0.2, 0) is 14.9 Å². The van der Waals surface area contributed by atoms with Gasteiger partial charge in [0.2, 0.25) is 11.9 Å². The third kappa shape index (κ3) is 4.64. The van der Waals surface area contributed by atoms with Crippen molar-refractivity contribution in [3.63, 3.8) is 0 Å². The van der Waals surface area contributed by atoms with Crippen LogP contribution in [0.3, 0.4) is 0 Å². The van der Waals surface area contributed by atoms with Crippen LogP contribution >= 0.6 is 11.6 Å². The number of aromatic nitrogens is 3. The van der Waals surface area contributed by atoms with Crippen molar-refractivity contribution >= 4 is 35.1 Å². The number of halogens is 1. The molecule has 0 aliphatic carbocycles. The molecule has 182 valence electrons. The number of hydrogen-bond donors (Lipinski definition) is 1. The SMILES string of the molecule is COC(=O)c1cnc(N2CC(C(=O)Nc3cnc(Cl)cc3OC)(c3ccccc3C(C)C)C2)nc1. The van der Waals surface area contributed by atoms with Crippen LogP contribution in [0.2, 0.25) is 5.15 Å². The van der Waals surface area contributed by atoms with Crippen molar-refractivity contribution in [2.24, 2.45) is 0 Å². The second-order valence-electron chi connectivity index (χ2n) is 8.60. The number of pyridine rings is 1. The van der Waals surface area contributed by atoms with Crippen LogP contribution in [0, 0.1) is 0 Å². The molecule has 0 spiro atoms. The minimum Gasteiger partial charge on any atom is -0.494 e. The molecule has 0 saturated carbocycles. The molecule has 3 aromatic rings. The van der Waals surface area contributed by atoms with Gasteiger partial charge in [-0.1, -0.05) is 49.7 Å². The molecule has 1 aliphatic rings. The van der Waals surface area contributed by atoms with Gasteiger partial charge in [0.05, 0.1) is 26.0 Å². The van der Waals surface area contributed by atoms with E-state index in [1.54, 1.807) is 6.07 Å². The second kappa shape index (κ2) is 9.87. The third-order valence-corrected chi connectivity index (χ3v) is 6.30. The van der Waals surface area contributed by atoms with Gasteiger partial charge in [-0.3, -0.25) is 4.79 Å². The average Bonchev–Trinajstić information content (AvgIpc) is 2.84. The Labute approximate surface area is 208 Å². The first-order valence-electron chi connectivity index (χ1n) is 11.0. The summed E-state index contributed by atoms with van der Waals surface area (Å²) in [5.41, 5.74) is 1.85. The Morgan fingerprint density at radius 2 is 1.77 bits per heavy atom. The number of benzene rings is 1. The molecule has 2 aromatic heterocycles. The molecule has 1 N–H and O–H groups in total. The molecule has 0 bridgehead atoms. The van der Waals surface area contributed by atoms with Gasteiger partial charge in [0.25, 0.3) is 0 Å². The normalized spacial score (nSPS) is 14.3. The van der Waals surface area contributed by atoms with E-state index >= 15 is 0 Å². The first-order chi connectivity index (χ1) is 16.8. The number of ether oxygens (including phenoxy) is 2. The number of carbonyl (C=O) groups excluding carboxylic acids is 2. The van der Waals surface area contributed by atoms with Crippen LogP contribution in [-0.4, -0.2) is 54.1 Å². The summed E-state index contributed by atoms with van der Waals surface area (Å²) in [5.74, 6) is 0.352. The molecule has 0 unspecified atom stereocenters. The number of rotatable bonds is 7. The van der Waals surface area contributed by atoms with Crippen LogP contribution < -0.4 is 15.0 Å². The summed E-state index contributed by atoms with van der Waals surface area (Å²) < 4.78 is 10.1. The number of hydrogen-bond acceptors (Lipinski definition) is 8. The number of methoxy groups -OCH3 is 2. The van der Waals surface area contributed by atoms with Crippen molar-refractivity contribution in [1.29, 1.82) is 0 Å². The smallest absolute Gasteiger partial charge is 0.341 e. The van der Waals surface area contributed by atoms with E-state index in [2.05, 4.69) is 34.1 Å². The Hall–Kier alpha value is -3.72. The molecular formula is C25H26ClN5O4. The molecule has 4 rings (SSSR count). The summed E-state index contributed by atoms with van der Waals surface area (Å²) in [4.78, 5) is 40.1. The average molecular weight is 496 g/mol. The second-order valence-corrected chi connectivity index (χ2v) is 8.99. The summed E-state index contributed by atoms with van der Waals surface area (Å²) in [5, 5.41) is 3.25. The highest BCUT2D eigenvalue weighted by Crippen LogP contribution is 2.41. The monoisotopic (exact) mass is 495 g/mol. The summed E-state index contributed by atoms with van der Waals surface area (Å²) in [6, 6.07) is 9.50. The summed E-state index contributed by atoms with van der Waals surface area (Å²) >= 11 is 5.99. The van der Waals surface area contributed by atoms with E-state index in [9.17, 15) is 9.59 Å². The molecule has 10 heteroatoms. The van der Waals surface area contributed by atoms with E-state index in [0.29, 0.717) is 30.5 Å². The lowest BCUT2D eigenvalue weighted by atomic mass is 9.69. The highest BCUT2D eigenvalue weighted by molar-refractivity contribution is 6.29. The summed E-state index contributed by atoms with van der Waals surface area (Å²) in [7, 11) is 2.81. The van der Waals surface area contributed by atoms with Crippen molar-refractivity contribution in [3.8, 4) is 5.75 Å². The maximum atomic E-state index is 13.8. The van der Waals surface area contributed by atoms with Gasteiger partial charge in [-0.25, -0.2) is 19.7 Å². The maximum Gasteiger partial charge on any atom is 0.341 e. The molecular weight excluding hydrogens is 470 g/mol. The Bertz CT molecular complexity index is 1240. The summed E-state index contributed by atoms with van der Waals surface area (Å²) in [6.07, 6.45) is 4.31. The Morgan fingerprint density at radius 3 is 2.40 bits per heavy atom. The maximum absolute atomic E-state index is 13.8. The molecule has 0 atom stereocenters. The lowest BCUT2D eigenvalue weighted by Gasteiger charge is -2.50. The van der Waals surface area contributed by atoms with Crippen LogP contribution in [0.15, 0.2) is 48.9 Å². The van der Waals surface area contributed by atoms with Gasteiger partial charge in [-0.05, 0) is 17.0 Å². The first kappa shape index (κ1) is 24.4. The van der Waals surface area contributed by atoms with Crippen molar-refractivity contribution in [2.45, 2.75) is 25.2 Å². The fourth-order valence-electron chi connectivity index (χ4n) is 4.24. The van der Waals surface area contributed by atoms with E-state index in [4.69, 9.17) is 21.1 Å². The molecule has 1 aromatic carbocycles. The molecule has 35 heavy (non-hydrogen) atoms. The standard InChI is InChI=1S/C25H26ClN5O4/c1-15(2)17-7-5-6-8-18(17)25(23(33)30-19-12-27-21(26)9-20(19)34-3)13-31(14-25)24-28-10-16(11-29-24)22(32)35-4/h5-12,15H,13-14H2,1-4H3,(H,30,33). The topological polar surface area (TPSA) is 107 Å². The van der Waals surface area contributed by atoms with Gasteiger partial charge in [-0.2, -0.15) is 0 Å². The van der Waals surface area contributed by atoms with Crippen molar-refractivity contribution < 1.29 is 19.1 Å². The zero-order chi connectivity index (χ0) is 25.2. The number of esters is 1. The van der Waals surface area contributed by atoms with E-state index in [0.717, 1.165) is 11.1 Å². The minimum atomic E-state index is -0.865. The van der Waals surface area contributed by atoms with Crippen molar-refractivity contribution in [3.05, 3.63) is 70.8 Å². The van der Waals surface area contributed by atoms with Crippen LogP contribution in [0.4, 0.5) is 11.6 Å². The highest BCUT2D eigenvalue weighted by atomic mass is 35.5. The zero-order valence-corrected chi connectivity index (χ0v) is 20.7. The van der Waals surface area contributed by atoms with Crippen molar-refractivity contribution in [1.82, 2.24) is 15.0 Å². The van der Waals surface area contributed by atoms with Crippen molar-refractivity contribution in [2.75, 3.05) is 37.5 Å². The first-order valence-corrected chi connectivity index (χ1v) is 11.4. The largest absolute Gasteiger partial charge is 0.494 e. The Balaban J connectivity index is 1.68. The minimum absolute atomic E-state index is 0.199. The van der Waals surface area contributed by atoms with Crippen LogP contribution in [0.5, 0.6) is 5.75 Å². The van der Waals surface area contributed by atoms with E-state index < -0.39 is 11.4 Å². The van der Waals surface area contributed by atoms with Gasteiger partial charge < -0.3 is 19.7 Å². The number of anilines is 2. The van der Waals surface area contributed by atoms with Gasteiger partial charge >= 0.3 is 5.97 Å². The Morgan fingerprint density at radius 1 is 1.09 bits per heavy atom. The van der Waals surface area contributed by atoms with Gasteiger partial charge in [0.15, 0.2) is 0 Å². The molecule has 1 aliphatic heterocycles. The quantitative estimate of drug-likeness (QED) is 0.389. The van der Waals surface area contributed by atoms with E-state index in [-0.39, 0.29) is 22.5 Å². The highest BCUT2D eigenvalue weighted by Gasteiger charge is 2.52. The number of nitrogens with one attached hydrogen (secondary N) is 1. The van der Waals surface area contributed by atoms with Gasteiger partial charge in [-0.15, -0.1) is 0 Å². The molecule has 9 nitrogen and oxygen atoms in total. The van der Waals surface area contributed by atoms with Gasteiger partial charge in [0, 0.05) is 31.5 Å². The fourth-order valence-corrected chi connectivity index (χ4v) is 4.39. The zero-order valence-electron chi connectivity index (χ0n) is 19.9. The summed E-state index contributed by atoms with van der Waals surface area (Å²) in [6.45, 7) is 4.90.